The van der Waals surface area contributed by atoms with Crippen LogP contribution in [0.2, 0.25) is 0 Å². The number of aryl methyl sites for hydroxylation is 1. The molecule has 0 unspecified atom stereocenters. The third-order valence-corrected chi connectivity index (χ3v) is 4.04. The van der Waals surface area contributed by atoms with Gasteiger partial charge in [0.05, 0.1) is 4.92 Å². The summed E-state index contributed by atoms with van der Waals surface area (Å²) < 4.78 is 2.57. The summed E-state index contributed by atoms with van der Waals surface area (Å²) in [6.45, 7) is 3.02. The Labute approximate surface area is 132 Å². The lowest BCUT2D eigenvalue weighted by Crippen LogP contribution is -2.13. The predicted octanol–water partition coefficient (Wildman–Crippen LogP) is 3.15. The maximum Gasteiger partial charge on any atom is 0.292 e. The van der Waals surface area contributed by atoms with Crippen molar-refractivity contribution in [1.29, 1.82) is 0 Å². The van der Waals surface area contributed by atoms with Crippen LogP contribution in [-0.2, 0) is 6.54 Å². The van der Waals surface area contributed by atoms with Crippen LogP contribution in [0, 0.1) is 21.8 Å². The van der Waals surface area contributed by atoms with Crippen molar-refractivity contribution >= 4 is 23.6 Å². The second-order valence-electron chi connectivity index (χ2n) is 5.52. The van der Waals surface area contributed by atoms with Gasteiger partial charge in [-0.3, -0.25) is 15.2 Å². The molecule has 1 heterocycles. The van der Waals surface area contributed by atoms with Gasteiger partial charge in [0.15, 0.2) is 4.77 Å². The van der Waals surface area contributed by atoms with Crippen LogP contribution in [0.1, 0.15) is 30.1 Å². The van der Waals surface area contributed by atoms with Crippen molar-refractivity contribution in [3.63, 3.8) is 0 Å². The number of rotatable bonds is 6. The summed E-state index contributed by atoms with van der Waals surface area (Å²) in [6, 6.07) is 5.17. The van der Waals surface area contributed by atoms with Crippen LogP contribution in [0.25, 0.3) is 0 Å². The minimum atomic E-state index is -0.367. The fourth-order valence-corrected chi connectivity index (χ4v) is 2.67. The van der Waals surface area contributed by atoms with Gasteiger partial charge in [-0.25, -0.2) is 0 Å². The zero-order valence-corrected chi connectivity index (χ0v) is 13.0. The van der Waals surface area contributed by atoms with Crippen molar-refractivity contribution in [2.45, 2.75) is 32.2 Å². The number of nitrogens with zero attached hydrogens (tertiary/aromatic N) is 3. The smallest absolute Gasteiger partial charge is 0.292 e. The topological polar surface area (TPSA) is 88.8 Å². The Hall–Kier alpha value is -2.22. The fourth-order valence-electron chi connectivity index (χ4n) is 2.44. The van der Waals surface area contributed by atoms with Gasteiger partial charge in [-0.1, -0.05) is 6.07 Å². The van der Waals surface area contributed by atoms with Crippen LogP contribution < -0.4 is 5.32 Å². The number of nitrogens with one attached hydrogen (secondary N) is 2. The van der Waals surface area contributed by atoms with E-state index in [0.29, 0.717) is 29.5 Å². The highest BCUT2D eigenvalue weighted by Gasteiger charge is 2.28. The molecule has 116 valence electrons. The van der Waals surface area contributed by atoms with Gasteiger partial charge in [0.2, 0.25) is 0 Å². The van der Waals surface area contributed by atoms with E-state index >= 15 is 0 Å². The Bertz CT molecular complexity index is 763. The van der Waals surface area contributed by atoms with Crippen LogP contribution in [-0.4, -0.2) is 26.2 Å². The molecule has 0 amide bonds. The molecule has 2 N–H and O–H groups in total. The average molecular weight is 319 g/mol. The second-order valence-corrected chi connectivity index (χ2v) is 5.90. The molecule has 1 aliphatic rings. The normalized spacial score (nSPS) is 14.0. The summed E-state index contributed by atoms with van der Waals surface area (Å²) in [5.41, 5.74) is 1.49. The van der Waals surface area contributed by atoms with Gasteiger partial charge < -0.3 is 9.88 Å². The standard InChI is InChI=1S/C14H17N5O2S/c1-9-2-5-11(12(8-9)19(20)21)15-6-7-18-13(10-3-4-10)16-17-14(18)22/h2,5,8,10,15H,3-4,6-7H2,1H3,(H,17,22). The average Bonchev–Trinajstić information content (AvgIpc) is 3.26. The maximum absolute atomic E-state index is 11.1. The summed E-state index contributed by atoms with van der Waals surface area (Å²) in [6.07, 6.45) is 2.30. The van der Waals surface area contributed by atoms with E-state index in [9.17, 15) is 10.1 Å². The number of H-pyrrole nitrogens is 1. The van der Waals surface area contributed by atoms with Crippen LogP contribution >= 0.6 is 12.2 Å². The number of nitro benzene ring substituents is 1. The minimum absolute atomic E-state index is 0.0956. The van der Waals surface area contributed by atoms with E-state index in [1.54, 1.807) is 12.1 Å². The van der Waals surface area contributed by atoms with Crippen LogP contribution in [0.4, 0.5) is 11.4 Å². The molecule has 1 saturated carbocycles. The summed E-state index contributed by atoms with van der Waals surface area (Å²) in [5, 5.41) is 21.3. The molecule has 0 aliphatic heterocycles. The summed E-state index contributed by atoms with van der Waals surface area (Å²) in [4.78, 5) is 10.7. The summed E-state index contributed by atoms with van der Waals surface area (Å²) in [7, 11) is 0. The first-order valence-electron chi connectivity index (χ1n) is 7.20. The number of anilines is 1. The van der Waals surface area contributed by atoms with Gasteiger partial charge in [0, 0.05) is 25.1 Å². The molecule has 0 radical (unpaired) electrons. The molecule has 0 spiro atoms. The van der Waals surface area contributed by atoms with E-state index in [4.69, 9.17) is 12.2 Å². The predicted molar refractivity (Wildman–Crippen MR) is 85.7 cm³/mol. The van der Waals surface area contributed by atoms with Gasteiger partial charge in [0.1, 0.15) is 11.5 Å². The number of aromatic nitrogens is 3. The Balaban J connectivity index is 1.70. The Kier molecular flexibility index (Phi) is 3.93. The first-order valence-corrected chi connectivity index (χ1v) is 7.61. The van der Waals surface area contributed by atoms with Gasteiger partial charge in [-0.2, -0.15) is 5.10 Å². The molecule has 0 bridgehead atoms. The molecule has 1 aromatic heterocycles. The molecule has 3 rings (SSSR count). The van der Waals surface area contributed by atoms with Gasteiger partial charge >= 0.3 is 0 Å². The highest BCUT2D eigenvalue weighted by molar-refractivity contribution is 7.71. The zero-order chi connectivity index (χ0) is 15.7. The molecule has 1 fully saturated rings. The molecule has 7 nitrogen and oxygen atoms in total. The Morgan fingerprint density at radius 3 is 3.00 bits per heavy atom. The molecule has 8 heteroatoms. The molecule has 0 atom stereocenters. The lowest BCUT2D eigenvalue weighted by Gasteiger charge is -2.09. The van der Waals surface area contributed by atoms with Crippen molar-refractivity contribution in [1.82, 2.24) is 14.8 Å². The third-order valence-electron chi connectivity index (χ3n) is 3.73. The lowest BCUT2D eigenvalue weighted by atomic mass is 10.2. The van der Waals surface area contributed by atoms with Crippen molar-refractivity contribution in [2.24, 2.45) is 0 Å². The molecular formula is C14H17N5O2S. The van der Waals surface area contributed by atoms with E-state index in [1.807, 2.05) is 17.6 Å². The van der Waals surface area contributed by atoms with Crippen molar-refractivity contribution < 1.29 is 4.92 Å². The number of hydrogen-bond acceptors (Lipinski definition) is 5. The van der Waals surface area contributed by atoms with Crippen LogP contribution in [0.15, 0.2) is 18.2 Å². The number of benzene rings is 1. The van der Waals surface area contributed by atoms with Crippen molar-refractivity contribution in [3.8, 4) is 0 Å². The SMILES string of the molecule is Cc1ccc(NCCn2c(C3CC3)n[nH]c2=S)c([N+](=O)[O-])c1. The van der Waals surface area contributed by atoms with Crippen molar-refractivity contribution in [2.75, 3.05) is 11.9 Å². The van der Waals surface area contributed by atoms with Crippen LogP contribution in [0.5, 0.6) is 0 Å². The number of nitro groups is 1. The molecule has 0 saturated heterocycles. The number of aromatic amines is 1. The highest BCUT2D eigenvalue weighted by atomic mass is 32.1. The Morgan fingerprint density at radius 1 is 1.55 bits per heavy atom. The largest absolute Gasteiger partial charge is 0.378 e. The van der Waals surface area contributed by atoms with E-state index < -0.39 is 0 Å². The monoisotopic (exact) mass is 319 g/mol. The molecular weight excluding hydrogens is 302 g/mol. The lowest BCUT2D eigenvalue weighted by molar-refractivity contribution is -0.384. The van der Waals surface area contributed by atoms with E-state index in [1.165, 1.54) is 0 Å². The second kappa shape index (κ2) is 5.88. The molecule has 22 heavy (non-hydrogen) atoms. The molecule has 2 aromatic rings. The first-order chi connectivity index (χ1) is 10.6. The quantitative estimate of drug-likeness (QED) is 0.485. The van der Waals surface area contributed by atoms with E-state index in [-0.39, 0.29) is 10.6 Å². The summed E-state index contributed by atoms with van der Waals surface area (Å²) >= 11 is 5.24. The summed E-state index contributed by atoms with van der Waals surface area (Å²) in [5.74, 6) is 1.49. The van der Waals surface area contributed by atoms with E-state index in [2.05, 4.69) is 15.5 Å². The number of hydrogen-bond donors (Lipinski definition) is 2. The van der Waals surface area contributed by atoms with Gasteiger partial charge in [-0.05, 0) is 43.6 Å². The third kappa shape index (κ3) is 3.01. The Morgan fingerprint density at radius 2 is 2.32 bits per heavy atom. The molecule has 1 aromatic carbocycles. The fraction of sp³-hybridized carbons (Fsp3) is 0.429. The first kappa shape index (κ1) is 14.7. The van der Waals surface area contributed by atoms with Crippen LogP contribution in [0.3, 0.4) is 0 Å². The minimum Gasteiger partial charge on any atom is -0.378 e. The van der Waals surface area contributed by atoms with E-state index in [0.717, 1.165) is 24.2 Å². The maximum atomic E-state index is 11.1. The zero-order valence-electron chi connectivity index (χ0n) is 12.2. The van der Waals surface area contributed by atoms with Gasteiger partial charge in [-0.15, -0.1) is 0 Å². The highest BCUT2D eigenvalue weighted by Crippen LogP contribution is 2.38. The van der Waals surface area contributed by atoms with Crippen molar-refractivity contribution in [3.05, 3.63) is 44.5 Å². The van der Waals surface area contributed by atoms with Gasteiger partial charge in [0.25, 0.3) is 5.69 Å². The molecule has 1 aliphatic carbocycles.